The van der Waals surface area contributed by atoms with Gasteiger partial charge >= 0.3 is 5.97 Å². The fourth-order valence-electron chi connectivity index (χ4n) is 4.41. The van der Waals surface area contributed by atoms with Crippen molar-refractivity contribution in [2.24, 2.45) is 11.8 Å². The molecular formula is C20H38N2O2. The molecule has 0 radical (unpaired) electrons. The average Bonchev–Trinajstić information content (AvgIpc) is 2.47. The Kier molecular flexibility index (Phi) is 6.72. The van der Waals surface area contributed by atoms with E-state index in [0.29, 0.717) is 30.3 Å². The van der Waals surface area contributed by atoms with Crippen molar-refractivity contribution in [1.29, 1.82) is 0 Å². The molecule has 2 aliphatic rings. The van der Waals surface area contributed by atoms with Crippen molar-refractivity contribution in [2.45, 2.75) is 84.9 Å². The Balaban J connectivity index is 1.97. The van der Waals surface area contributed by atoms with Crippen LogP contribution in [0.2, 0.25) is 0 Å². The lowest BCUT2D eigenvalue weighted by molar-refractivity contribution is -0.157. The van der Waals surface area contributed by atoms with E-state index in [0.717, 1.165) is 26.2 Å². The number of piperazine rings is 1. The van der Waals surface area contributed by atoms with Gasteiger partial charge in [0.05, 0.1) is 6.42 Å². The number of esters is 1. The molecule has 4 nitrogen and oxygen atoms in total. The highest BCUT2D eigenvalue weighted by molar-refractivity contribution is 5.70. The standard InChI is InChI=1S/C20H38N2O2/c1-15(2)21-10-12-22(13-11-21)18-9-7-8-16(3)17(18)14-19(23)24-20(4,5)6/h15-18H,7-14H2,1-6H3/t16-,17-,18-/m0/s1. The maximum Gasteiger partial charge on any atom is 0.306 e. The molecule has 1 saturated heterocycles. The van der Waals surface area contributed by atoms with Gasteiger partial charge in [-0.15, -0.1) is 0 Å². The van der Waals surface area contributed by atoms with E-state index in [1.165, 1.54) is 19.3 Å². The molecule has 1 heterocycles. The van der Waals surface area contributed by atoms with E-state index in [4.69, 9.17) is 4.74 Å². The summed E-state index contributed by atoms with van der Waals surface area (Å²) in [6.07, 6.45) is 4.35. The van der Waals surface area contributed by atoms with Gasteiger partial charge in [0, 0.05) is 38.3 Å². The van der Waals surface area contributed by atoms with Crippen molar-refractivity contribution < 1.29 is 9.53 Å². The molecule has 2 rings (SSSR count). The molecule has 1 saturated carbocycles. The van der Waals surface area contributed by atoms with E-state index < -0.39 is 0 Å². The van der Waals surface area contributed by atoms with Gasteiger partial charge in [-0.25, -0.2) is 0 Å². The summed E-state index contributed by atoms with van der Waals surface area (Å²) in [6.45, 7) is 17.3. The fourth-order valence-corrected chi connectivity index (χ4v) is 4.41. The maximum absolute atomic E-state index is 12.4. The Bertz CT molecular complexity index is 408. The van der Waals surface area contributed by atoms with Crippen LogP contribution in [0.4, 0.5) is 0 Å². The van der Waals surface area contributed by atoms with Gasteiger partial charge in [-0.1, -0.05) is 19.8 Å². The van der Waals surface area contributed by atoms with Crippen molar-refractivity contribution in [2.75, 3.05) is 26.2 Å². The monoisotopic (exact) mass is 338 g/mol. The lowest BCUT2D eigenvalue weighted by Gasteiger charge is -2.47. The van der Waals surface area contributed by atoms with Crippen molar-refractivity contribution >= 4 is 5.97 Å². The fraction of sp³-hybridized carbons (Fsp3) is 0.950. The van der Waals surface area contributed by atoms with E-state index >= 15 is 0 Å². The molecule has 1 aliphatic carbocycles. The molecule has 0 N–H and O–H groups in total. The normalized spacial score (nSPS) is 30.5. The molecule has 0 aromatic rings. The van der Waals surface area contributed by atoms with Gasteiger partial charge in [-0.05, 0) is 52.9 Å². The number of hydrogen-bond donors (Lipinski definition) is 0. The number of rotatable bonds is 4. The quantitative estimate of drug-likeness (QED) is 0.734. The Labute approximate surface area is 148 Å². The zero-order valence-electron chi connectivity index (χ0n) is 16.7. The molecule has 24 heavy (non-hydrogen) atoms. The van der Waals surface area contributed by atoms with Crippen LogP contribution >= 0.6 is 0 Å². The average molecular weight is 339 g/mol. The van der Waals surface area contributed by atoms with Gasteiger partial charge in [-0.2, -0.15) is 0 Å². The highest BCUT2D eigenvalue weighted by Gasteiger charge is 2.37. The smallest absolute Gasteiger partial charge is 0.306 e. The van der Waals surface area contributed by atoms with Crippen molar-refractivity contribution in [3.8, 4) is 0 Å². The van der Waals surface area contributed by atoms with Crippen LogP contribution in [0.3, 0.4) is 0 Å². The van der Waals surface area contributed by atoms with E-state index in [-0.39, 0.29) is 11.6 Å². The van der Waals surface area contributed by atoms with Crippen LogP contribution in [0.15, 0.2) is 0 Å². The third-order valence-corrected chi connectivity index (χ3v) is 5.76. The van der Waals surface area contributed by atoms with Crippen LogP contribution in [0, 0.1) is 11.8 Å². The molecule has 0 bridgehead atoms. The van der Waals surface area contributed by atoms with Crippen LogP contribution in [-0.4, -0.2) is 59.6 Å². The summed E-state index contributed by atoms with van der Waals surface area (Å²) in [6, 6.07) is 1.19. The Hall–Kier alpha value is -0.610. The summed E-state index contributed by atoms with van der Waals surface area (Å²) in [5.41, 5.74) is -0.382. The maximum atomic E-state index is 12.4. The number of ether oxygens (including phenoxy) is 1. The molecule has 0 aromatic heterocycles. The predicted octanol–water partition coefficient (Wildman–Crippen LogP) is 3.55. The number of carbonyl (C=O) groups is 1. The van der Waals surface area contributed by atoms with E-state index in [1.54, 1.807) is 0 Å². The molecule has 3 atom stereocenters. The first-order valence-electron chi connectivity index (χ1n) is 9.87. The SMILES string of the molecule is CC(C)N1CCN([C@H]2CCC[C@H](C)[C@@H]2CC(=O)OC(C)(C)C)CC1. The minimum Gasteiger partial charge on any atom is -0.460 e. The zero-order valence-corrected chi connectivity index (χ0v) is 16.7. The molecule has 1 aliphatic heterocycles. The second kappa shape index (κ2) is 8.18. The number of nitrogens with zero attached hydrogens (tertiary/aromatic N) is 2. The summed E-state index contributed by atoms with van der Waals surface area (Å²) in [7, 11) is 0. The third kappa shape index (κ3) is 5.45. The van der Waals surface area contributed by atoms with Crippen molar-refractivity contribution in [3.05, 3.63) is 0 Å². The largest absolute Gasteiger partial charge is 0.460 e. The van der Waals surface area contributed by atoms with Gasteiger partial charge in [0.2, 0.25) is 0 Å². The van der Waals surface area contributed by atoms with Crippen LogP contribution in [0.25, 0.3) is 0 Å². The Morgan fingerprint density at radius 1 is 1.12 bits per heavy atom. The van der Waals surface area contributed by atoms with Gasteiger partial charge in [-0.3, -0.25) is 14.6 Å². The van der Waals surface area contributed by atoms with Crippen LogP contribution in [0.5, 0.6) is 0 Å². The van der Waals surface area contributed by atoms with E-state index in [2.05, 4.69) is 30.6 Å². The minimum atomic E-state index is -0.382. The first-order valence-corrected chi connectivity index (χ1v) is 9.87. The number of hydrogen-bond acceptors (Lipinski definition) is 4. The highest BCUT2D eigenvalue weighted by Crippen LogP contribution is 2.36. The first-order chi connectivity index (χ1) is 11.2. The molecule has 4 heteroatoms. The summed E-state index contributed by atoms with van der Waals surface area (Å²) in [4.78, 5) is 17.6. The zero-order chi connectivity index (χ0) is 17.9. The predicted molar refractivity (Wildman–Crippen MR) is 99.0 cm³/mol. The van der Waals surface area contributed by atoms with Gasteiger partial charge in [0.25, 0.3) is 0 Å². The lowest BCUT2D eigenvalue weighted by atomic mass is 9.74. The van der Waals surface area contributed by atoms with Gasteiger partial charge in [0.1, 0.15) is 5.60 Å². The summed E-state index contributed by atoms with van der Waals surface area (Å²) in [5, 5.41) is 0. The van der Waals surface area contributed by atoms with Crippen LogP contribution in [-0.2, 0) is 9.53 Å². The topological polar surface area (TPSA) is 32.8 Å². The number of carbonyl (C=O) groups excluding carboxylic acids is 1. The molecule has 0 spiro atoms. The van der Waals surface area contributed by atoms with Crippen molar-refractivity contribution in [1.82, 2.24) is 9.80 Å². The van der Waals surface area contributed by atoms with E-state index in [9.17, 15) is 4.79 Å². The Morgan fingerprint density at radius 2 is 1.75 bits per heavy atom. The molecule has 0 unspecified atom stereocenters. The molecule has 0 amide bonds. The summed E-state index contributed by atoms with van der Waals surface area (Å²) < 4.78 is 5.61. The van der Waals surface area contributed by atoms with E-state index in [1.807, 2.05) is 20.8 Å². The molecular weight excluding hydrogens is 300 g/mol. The molecule has 140 valence electrons. The van der Waals surface area contributed by atoms with Crippen LogP contribution < -0.4 is 0 Å². The second-order valence-electron chi connectivity index (χ2n) is 9.10. The van der Waals surface area contributed by atoms with Gasteiger partial charge in [0.15, 0.2) is 0 Å². The highest BCUT2D eigenvalue weighted by atomic mass is 16.6. The van der Waals surface area contributed by atoms with Crippen LogP contribution in [0.1, 0.15) is 67.2 Å². The lowest BCUT2D eigenvalue weighted by Crippen LogP contribution is -2.55. The summed E-state index contributed by atoms with van der Waals surface area (Å²) in [5.74, 6) is 1.03. The third-order valence-electron chi connectivity index (χ3n) is 5.76. The molecule has 0 aromatic carbocycles. The first kappa shape index (κ1) is 19.7. The Morgan fingerprint density at radius 3 is 2.29 bits per heavy atom. The second-order valence-corrected chi connectivity index (χ2v) is 9.10. The summed E-state index contributed by atoms with van der Waals surface area (Å²) >= 11 is 0. The minimum absolute atomic E-state index is 0.0212. The molecule has 2 fully saturated rings. The van der Waals surface area contributed by atoms with Gasteiger partial charge < -0.3 is 4.74 Å². The van der Waals surface area contributed by atoms with Crippen molar-refractivity contribution in [3.63, 3.8) is 0 Å².